The van der Waals surface area contributed by atoms with Gasteiger partial charge < -0.3 is 18.9 Å². The average molecular weight is 393 g/mol. The summed E-state index contributed by atoms with van der Waals surface area (Å²) in [6.45, 7) is 3.19. The van der Waals surface area contributed by atoms with Crippen LogP contribution in [0.3, 0.4) is 0 Å². The van der Waals surface area contributed by atoms with Crippen molar-refractivity contribution in [2.45, 2.75) is 25.8 Å². The number of likely N-dealkylation sites (tertiary alicyclic amines) is 1. The molecule has 0 aliphatic carbocycles. The maximum Gasteiger partial charge on any atom is 0.254 e. The number of nitrogens with zero attached hydrogens (tertiary/aromatic N) is 3. The Kier molecular flexibility index (Phi) is 5.46. The molecule has 0 saturated carbocycles. The van der Waals surface area contributed by atoms with Gasteiger partial charge in [0.15, 0.2) is 0 Å². The highest BCUT2D eigenvalue weighted by atomic mass is 16.5. The van der Waals surface area contributed by atoms with Crippen molar-refractivity contribution in [3.63, 3.8) is 0 Å². The molecule has 1 aromatic heterocycles. The highest BCUT2D eigenvalue weighted by molar-refractivity contribution is 5.94. The van der Waals surface area contributed by atoms with Crippen LogP contribution < -0.4 is 9.47 Å². The third-order valence-electron chi connectivity index (χ3n) is 5.00. The summed E-state index contributed by atoms with van der Waals surface area (Å²) in [5, 5.41) is 4.10. The molecule has 29 heavy (non-hydrogen) atoms. The molecule has 0 bridgehead atoms. The maximum absolute atomic E-state index is 13.0. The molecule has 1 aliphatic rings. The van der Waals surface area contributed by atoms with Gasteiger partial charge >= 0.3 is 0 Å². The van der Waals surface area contributed by atoms with Gasteiger partial charge in [0.05, 0.1) is 13.7 Å². The summed E-state index contributed by atoms with van der Waals surface area (Å²) in [5.74, 6) is 2.44. The van der Waals surface area contributed by atoms with Gasteiger partial charge in [0, 0.05) is 17.7 Å². The normalized spacial score (nSPS) is 16.1. The second kappa shape index (κ2) is 8.34. The van der Waals surface area contributed by atoms with Gasteiger partial charge in [-0.1, -0.05) is 5.16 Å². The first-order valence-corrected chi connectivity index (χ1v) is 9.71. The molecule has 2 aromatic carbocycles. The minimum Gasteiger partial charge on any atom is -0.497 e. The van der Waals surface area contributed by atoms with Crippen molar-refractivity contribution in [3.05, 3.63) is 60.0 Å². The van der Waals surface area contributed by atoms with Crippen LogP contribution in [-0.2, 0) is 0 Å². The quantitative estimate of drug-likeness (QED) is 0.627. The number of hydrogen-bond donors (Lipinski definition) is 0. The van der Waals surface area contributed by atoms with Crippen LogP contribution >= 0.6 is 0 Å². The Morgan fingerprint density at radius 2 is 1.86 bits per heavy atom. The van der Waals surface area contributed by atoms with Crippen molar-refractivity contribution >= 4 is 5.91 Å². The van der Waals surface area contributed by atoms with Crippen molar-refractivity contribution in [1.82, 2.24) is 15.0 Å². The van der Waals surface area contributed by atoms with E-state index in [1.54, 1.807) is 24.1 Å². The third-order valence-corrected chi connectivity index (χ3v) is 5.00. The lowest BCUT2D eigenvalue weighted by Gasteiger charge is -2.22. The molecule has 7 heteroatoms. The largest absolute Gasteiger partial charge is 0.497 e. The summed E-state index contributed by atoms with van der Waals surface area (Å²) in [6.07, 6.45) is 1.70. The molecule has 7 nitrogen and oxygen atoms in total. The van der Waals surface area contributed by atoms with E-state index in [4.69, 9.17) is 14.0 Å². The van der Waals surface area contributed by atoms with E-state index in [2.05, 4.69) is 10.1 Å². The highest BCUT2D eigenvalue weighted by Gasteiger charge is 2.34. The van der Waals surface area contributed by atoms with Crippen molar-refractivity contribution in [3.8, 4) is 22.9 Å². The monoisotopic (exact) mass is 393 g/mol. The van der Waals surface area contributed by atoms with Crippen LogP contribution in [0.15, 0.2) is 53.1 Å². The van der Waals surface area contributed by atoms with Crippen LogP contribution in [0.5, 0.6) is 11.5 Å². The van der Waals surface area contributed by atoms with Crippen LogP contribution in [0, 0.1) is 0 Å². The zero-order valence-electron chi connectivity index (χ0n) is 16.5. The SMILES string of the molecule is CCOc1ccc(C(=O)N2CCCC2c2nc(-c3ccc(OC)cc3)no2)cc1. The number of carbonyl (C=O) groups excluding carboxylic acids is 1. The predicted molar refractivity (Wildman–Crippen MR) is 107 cm³/mol. The fourth-order valence-corrected chi connectivity index (χ4v) is 3.52. The predicted octanol–water partition coefficient (Wildman–Crippen LogP) is 4.12. The molecular formula is C22H23N3O4. The second-order valence-electron chi connectivity index (χ2n) is 6.80. The van der Waals surface area contributed by atoms with Crippen LogP contribution in [0.4, 0.5) is 0 Å². The molecule has 1 fully saturated rings. The number of methoxy groups -OCH3 is 1. The van der Waals surface area contributed by atoms with Gasteiger partial charge in [-0.05, 0) is 68.3 Å². The summed E-state index contributed by atoms with van der Waals surface area (Å²) in [6, 6.07) is 14.5. The number of amides is 1. The van der Waals surface area contributed by atoms with Crippen LogP contribution in [0.2, 0.25) is 0 Å². The van der Waals surface area contributed by atoms with Crippen molar-refractivity contribution in [2.75, 3.05) is 20.3 Å². The number of rotatable bonds is 6. The number of carbonyl (C=O) groups is 1. The van der Waals surface area contributed by atoms with Crippen LogP contribution in [0.25, 0.3) is 11.4 Å². The molecule has 1 atom stereocenters. The molecule has 0 spiro atoms. The summed E-state index contributed by atoms with van der Waals surface area (Å²) in [7, 11) is 1.62. The number of ether oxygens (including phenoxy) is 2. The molecule has 0 radical (unpaired) electrons. The number of aromatic nitrogens is 2. The Hall–Kier alpha value is -3.35. The van der Waals surface area contributed by atoms with E-state index >= 15 is 0 Å². The molecule has 1 amide bonds. The first kappa shape index (κ1) is 19.0. The average Bonchev–Trinajstić information content (AvgIpc) is 3.44. The topological polar surface area (TPSA) is 77.7 Å². The first-order valence-electron chi connectivity index (χ1n) is 9.71. The molecule has 1 unspecified atom stereocenters. The molecule has 4 rings (SSSR count). The van der Waals surface area contributed by atoms with E-state index in [0.29, 0.717) is 30.4 Å². The molecule has 2 heterocycles. The Balaban J connectivity index is 1.52. The van der Waals surface area contributed by atoms with E-state index in [-0.39, 0.29) is 11.9 Å². The van der Waals surface area contributed by atoms with Gasteiger partial charge in [0.2, 0.25) is 11.7 Å². The lowest BCUT2D eigenvalue weighted by Crippen LogP contribution is -2.30. The third kappa shape index (κ3) is 3.94. The fourth-order valence-electron chi connectivity index (χ4n) is 3.52. The molecule has 1 saturated heterocycles. The Morgan fingerprint density at radius 1 is 1.14 bits per heavy atom. The zero-order chi connectivity index (χ0) is 20.2. The van der Waals surface area contributed by atoms with E-state index in [1.807, 2.05) is 43.3 Å². The van der Waals surface area contributed by atoms with E-state index in [9.17, 15) is 4.79 Å². The summed E-state index contributed by atoms with van der Waals surface area (Å²) in [5.41, 5.74) is 1.46. The van der Waals surface area contributed by atoms with Crippen LogP contribution in [-0.4, -0.2) is 41.2 Å². The second-order valence-corrected chi connectivity index (χ2v) is 6.80. The number of hydrogen-bond acceptors (Lipinski definition) is 6. The first-order chi connectivity index (χ1) is 14.2. The van der Waals surface area contributed by atoms with Gasteiger partial charge in [-0.2, -0.15) is 4.98 Å². The van der Waals surface area contributed by atoms with E-state index < -0.39 is 0 Å². The lowest BCUT2D eigenvalue weighted by atomic mass is 10.1. The van der Waals surface area contributed by atoms with E-state index in [1.165, 1.54) is 0 Å². The van der Waals surface area contributed by atoms with Gasteiger partial charge in [-0.25, -0.2) is 0 Å². The lowest BCUT2D eigenvalue weighted by molar-refractivity contribution is 0.0710. The Morgan fingerprint density at radius 3 is 2.55 bits per heavy atom. The zero-order valence-corrected chi connectivity index (χ0v) is 16.5. The highest BCUT2D eigenvalue weighted by Crippen LogP contribution is 2.33. The molecule has 3 aromatic rings. The maximum atomic E-state index is 13.0. The van der Waals surface area contributed by atoms with Gasteiger partial charge in [-0.15, -0.1) is 0 Å². The molecule has 150 valence electrons. The van der Waals surface area contributed by atoms with Crippen LogP contribution in [0.1, 0.15) is 42.1 Å². The molecule has 1 aliphatic heterocycles. The van der Waals surface area contributed by atoms with Gasteiger partial charge in [0.1, 0.15) is 17.5 Å². The van der Waals surface area contributed by atoms with Gasteiger partial charge in [-0.3, -0.25) is 4.79 Å². The van der Waals surface area contributed by atoms with Crippen molar-refractivity contribution < 1.29 is 18.8 Å². The standard InChI is InChI=1S/C22H23N3O4/c1-3-28-18-12-8-16(9-13-18)22(26)25-14-4-5-19(25)21-23-20(24-29-21)15-6-10-17(27-2)11-7-15/h6-13,19H,3-5,14H2,1-2H3. The van der Waals surface area contributed by atoms with Crippen molar-refractivity contribution in [2.24, 2.45) is 0 Å². The molecular weight excluding hydrogens is 370 g/mol. The minimum absolute atomic E-state index is 0.0419. The minimum atomic E-state index is -0.214. The Bertz CT molecular complexity index is 966. The summed E-state index contributed by atoms with van der Waals surface area (Å²) in [4.78, 5) is 19.4. The molecule has 0 N–H and O–H groups in total. The smallest absolute Gasteiger partial charge is 0.254 e. The van der Waals surface area contributed by atoms with Crippen molar-refractivity contribution in [1.29, 1.82) is 0 Å². The van der Waals surface area contributed by atoms with Gasteiger partial charge in [0.25, 0.3) is 5.91 Å². The fraction of sp³-hybridized carbons (Fsp3) is 0.318. The Labute approximate surface area is 169 Å². The number of benzene rings is 2. The van der Waals surface area contributed by atoms with E-state index in [0.717, 1.165) is 29.9 Å². The summed E-state index contributed by atoms with van der Waals surface area (Å²) < 4.78 is 16.1. The summed E-state index contributed by atoms with van der Waals surface area (Å²) >= 11 is 0.